The van der Waals surface area contributed by atoms with Crippen LogP contribution < -0.4 is 5.73 Å². The Morgan fingerprint density at radius 2 is 1.88 bits per heavy atom. The molecule has 0 radical (unpaired) electrons. The minimum atomic E-state index is -0.269. The molecule has 0 bridgehead atoms. The molecule has 3 heteroatoms. The highest BCUT2D eigenvalue weighted by Crippen LogP contribution is 2.19. The molecule has 90 valence electrons. The first-order valence-electron chi connectivity index (χ1n) is 5.19. The van der Waals surface area contributed by atoms with Crippen LogP contribution in [0.3, 0.4) is 0 Å². The van der Waals surface area contributed by atoms with Crippen LogP contribution in [0.15, 0.2) is 18.2 Å². The summed E-state index contributed by atoms with van der Waals surface area (Å²) in [5.41, 5.74) is 8.31. The molecule has 0 saturated carbocycles. The second kappa shape index (κ2) is 5.35. The Labute approximate surface area is 104 Å². The van der Waals surface area contributed by atoms with Gasteiger partial charge in [0.2, 0.25) is 0 Å². The standard InChI is InChI=1S/C13H19NO.ClH/c1-9-7-10(5-6-11(9)14)8-12(15)13(2,3)4;/h5-7H,8,14H2,1-4H3;1H. The zero-order valence-electron chi connectivity index (χ0n) is 10.3. The van der Waals surface area contributed by atoms with Gasteiger partial charge in [0.05, 0.1) is 0 Å². The molecular weight excluding hydrogens is 222 g/mol. The van der Waals surface area contributed by atoms with Gasteiger partial charge in [-0.15, -0.1) is 12.4 Å². The van der Waals surface area contributed by atoms with Crippen LogP contribution >= 0.6 is 12.4 Å². The van der Waals surface area contributed by atoms with Crippen LogP contribution in [0.5, 0.6) is 0 Å². The summed E-state index contributed by atoms with van der Waals surface area (Å²) in [6.07, 6.45) is 0.491. The molecule has 1 rings (SSSR count). The summed E-state index contributed by atoms with van der Waals surface area (Å²) in [6, 6.07) is 5.77. The number of ketones is 1. The van der Waals surface area contributed by atoms with Crippen molar-refractivity contribution in [2.75, 3.05) is 5.73 Å². The lowest BCUT2D eigenvalue weighted by Gasteiger charge is -2.16. The monoisotopic (exact) mass is 241 g/mol. The van der Waals surface area contributed by atoms with Crippen LogP contribution in [0.2, 0.25) is 0 Å². The number of benzene rings is 1. The molecule has 16 heavy (non-hydrogen) atoms. The highest BCUT2D eigenvalue weighted by Gasteiger charge is 2.21. The lowest BCUT2D eigenvalue weighted by atomic mass is 9.87. The van der Waals surface area contributed by atoms with Crippen molar-refractivity contribution < 1.29 is 4.79 Å². The van der Waals surface area contributed by atoms with Crippen LogP contribution in [-0.4, -0.2) is 5.78 Å². The molecule has 1 aromatic rings. The van der Waals surface area contributed by atoms with E-state index in [9.17, 15) is 4.79 Å². The second-order valence-electron chi connectivity index (χ2n) is 5.04. The van der Waals surface area contributed by atoms with Crippen molar-refractivity contribution in [2.24, 2.45) is 5.41 Å². The van der Waals surface area contributed by atoms with Crippen LogP contribution in [-0.2, 0) is 11.2 Å². The van der Waals surface area contributed by atoms with E-state index in [-0.39, 0.29) is 23.6 Å². The Kier molecular flexibility index (Phi) is 5.01. The van der Waals surface area contributed by atoms with E-state index in [1.54, 1.807) is 0 Å². The number of carbonyl (C=O) groups excluding carboxylic acids is 1. The molecule has 0 spiro atoms. The molecule has 0 aliphatic rings. The van der Waals surface area contributed by atoms with Gasteiger partial charge in [-0.25, -0.2) is 0 Å². The summed E-state index contributed by atoms with van der Waals surface area (Å²) in [7, 11) is 0. The number of carbonyl (C=O) groups is 1. The minimum absolute atomic E-state index is 0. The highest BCUT2D eigenvalue weighted by molar-refractivity contribution is 5.86. The van der Waals surface area contributed by atoms with E-state index < -0.39 is 0 Å². The number of aryl methyl sites for hydroxylation is 1. The van der Waals surface area contributed by atoms with Crippen molar-refractivity contribution in [3.05, 3.63) is 29.3 Å². The topological polar surface area (TPSA) is 43.1 Å². The number of hydrogen-bond acceptors (Lipinski definition) is 2. The van der Waals surface area contributed by atoms with E-state index in [0.717, 1.165) is 16.8 Å². The van der Waals surface area contributed by atoms with Gasteiger partial charge < -0.3 is 5.73 Å². The molecule has 0 heterocycles. The van der Waals surface area contributed by atoms with Crippen molar-refractivity contribution >= 4 is 23.9 Å². The van der Waals surface area contributed by atoms with Crippen molar-refractivity contribution in [3.63, 3.8) is 0 Å². The average Bonchev–Trinajstić information content (AvgIpc) is 2.10. The normalized spacial score (nSPS) is 10.8. The van der Waals surface area contributed by atoms with Crippen molar-refractivity contribution in [1.29, 1.82) is 0 Å². The molecule has 0 aliphatic carbocycles. The third-order valence-corrected chi connectivity index (χ3v) is 2.54. The first-order chi connectivity index (χ1) is 6.80. The number of halogens is 1. The minimum Gasteiger partial charge on any atom is -0.399 e. The molecule has 0 unspecified atom stereocenters. The van der Waals surface area contributed by atoms with Crippen molar-refractivity contribution in [2.45, 2.75) is 34.1 Å². The summed E-state index contributed by atoms with van der Waals surface area (Å²) in [5, 5.41) is 0. The van der Waals surface area contributed by atoms with Gasteiger partial charge in [-0.2, -0.15) is 0 Å². The summed E-state index contributed by atoms with van der Waals surface area (Å²) >= 11 is 0. The first kappa shape index (κ1) is 15.0. The number of anilines is 1. The molecule has 0 amide bonds. The van der Waals surface area contributed by atoms with Gasteiger partial charge in [-0.3, -0.25) is 4.79 Å². The molecule has 0 fully saturated rings. The molecule has 2 N–H and O–H groups in total. The van der Waals surface area contributed by atoms with E-state index in [0.29, 0.717) is 6.42 Å². The van der Waals surface area contributed by atoms with Crippen LogP contribution in [0.25, 0.3) is 0 Å². The zero-order chi connectivity index (χ0) is 11.6. The molecule has 0 aromatic heterocycles. The number of rotatable bonds is 2. The van der Waals surface area contributed by atoms with Gasteiger partial charge >= 0.3 is 0 Å². The summed E-state index contributed by atoms with van der Waals surface area (Å²) in [6.45, 7) is 7.79. The van der Waals surface area contributed by atoms with Gasteiger partial charge in [0, 0.05) is 17.5 Å². The smallest absolute Gasteiger partial charge is 0.142 e. The fraction of sp³-hybridized carbons (Fsp3) is 0.462. The maximum absolute atomic E-state index is 11.8. The largest absolute Gasteiger partial charge is 0.399 e. The number of hydrogen-bond donors (Lipinski definition) is 1. The van der Waals surface area contributed by atoms with Crippen LogP contribution in [0.4, 0.5) is 5.69 Å². The Bertz CT molecular complexity index is 380. The van der Waals surface area contributed by atoms with E-state index in [1.807, 2.05) is 45.9 Å². The molecule has 2 nitrogen and oxygen atoms in total. The van der Waals surface area contributed by atoms with E-state index in [1.165, 1.54) is 0 Å². The van der Waals surface area contributed by atoms with Gasteiger partial charge in [0.15, 0.2) is 0 Å². The molecule has 0 saturated heterocycles. The van der Waals surface area contributed by atoms with Gasteiger partial charge in [0.1, 0.15) is 5.78 Å². The number of nitrogen functional groups attached to an aromatic ring is 1. The number of nitrogens with two attached hydrogens (primary N) is 1. The molecule has 0 aliphatic heterocycles. The fourth-order valence-electron chi connectivity index (χ4n) is 1.30. The highest BCUT2D eigenvalue weighted by atomic mass is 35.5. The maximum atomic E-state index is 11.8. The zero-order valence-corrected chi connectivity index (χ0v) is 11.1. The van der Waals surface area contributed by atoms with Crippen LogP contribution in [0.1, 0.15) is 31.9 Å². The van der Waals surface area contributed by atoms with Crippen molar-refractivity contribution in [3.8, 4) is 0 Å². The van der Waals surface area contributed by atoms with Gasteiger partial charge in [-0.1, -0.05) is 32.9 Å². The lowest BCUT2D eigenvalue weighted by molar-refractivity contribution is -0.125. The summed E-state index contributed by atoms with van der Waals surface area (Å²) < 4.78 is 0. The van der Waals surface area contributed by atoms with Crippen molar-refractivity contribution in [1.82, 2.24) is 0 Å². The predicted octanol–water partition coefficient (Wildman–Crippen LogP) is 3.16. The van der Waals surface area contributed by atoms with E-state index in [2.05, 4.69) is 0 Å². The Morgan fingerprint density at radius 1 is 1.31 bits per heavy atom. The summed E-state index contributed by atoms with van der Waals surface area (Å²) in [4.78, 5) is 11.8. The summed E-state index contributed by atoms with van der Waals surface area (Å²) in [5.74, 6) is 0.256. The van der Waals surface area contributed by atoms with E-state index >= 15 is 0 Å². The molecular formula is C13H20ClNO. The second-order valence-corrected chi connectivity index (χ2v) is 5.04. The third-order valence-electron chi connectivity index (χ3n) is 2.54. The lowest BCUT2D eigenvalue weighted by Crippen LogP contribution is -2.22. The Hall–Kier alpha value is -1.02. The predicted molar refractivity (Wildman–Crippen MR) is 71.0 cm³/mol. The van der Waals surface area contributed by atoms with Gasteiger partial charge in [0.25, 0.3) is 0 Å². The van der Waals surface area contributed by atoms with Crippen LogP contribution in [0, 0.1) is 12.3 Å². The molecule has 0 atom stereocenters. The third kappa shape index (κ3) is 3.86. The number of Topliss-reactive ketones (excluding diaryl/α,β-unsaturated/α-hetero) is 1. The quantitative estimate of drug-likeness (QED) is 0.809. The van der Waals surface area contributed by atoms with Gasteiger partial charge in [-0.05, 0) is 24.1 Å². The molecule has 1 aromatic carbocycles. The SMILES string of the molecule is Cc1cc(CC(=O)C(C)(C)C)ccc1N.Cl. The maximum Gasteiger partial charge on any atom is 0.142 e. The fourth-order valence-corrected chi connectivity index (χ4v) is 1.30. The van der Waals surface area contributed by atoms with E-state index in [4.69, 9.17) is 5.73 Å². The first-order valence-corrected chi connectivity index (χ1v) is 5.19. The Morgan fingerprint density at radius 3 is 2.31 bits per heavy atom. The average molecular weight is 242 g/mol. The Balaban J connectivity index is 0.00000225.